The summed E-state index contributed by atoms with van der Waals surface area (Å²) in [5.41, 5.74) is 2.55. The van der Waals surface area contributed by atoms with Crippen molar-refractivity contribution in [2.45, 2.75) is 13.1 Å². The molecule has 7 nitrogen and oxygen atoms in total. The van der Waals surface area contributed by atoms with E-state index in [0.29, 0.717) is 17.3 Å². The molecule has 0 saturated heterocycles. The molecule has 0 bridgehead atoms. The maximum absolute atomic E-state index is 13.2. The van der Waals surface area contributed by atoms with E-state index in [1.54, 1.807) is 48.9 Å². The van der Waals surface area contributed by atoms with Crippen LogP contribution in [0.3, 0.4) is 0 Å². The van der Waals surface area contributed by atoms with Gasteiger partial charge in [0, 0.05) is 53.8 Å². The van der Waals surface area contributed by atoms with Crippen LogP contribution in [0.15, 0.2) is 73.2 Å². The monoisotopic (exact) mass is 478 g/mol. The van der Waals surface area contributed by atoms with Gasteiger partial charge in [0.25, 0.3) is 5.91 Å². The minimum Gasteiger partial charge on any atom is -0.388 e. The first kappa shape index (κ1) is 23.7. The van der Waals surface area contributed by atoms with Gasteiger partial charge in [-0.3, -0.25) is 9.78 Å². The summed E-state index contributed by atoms with van der Waals surface area (Å²) in [6, 6.07) is 13.7. The van der Waals surface area contributed by atoms with Gasteiger partial charge < -0.3 is 16.0 Å². The number of rotatable bonds is 6. The Morgan fingerprint density at radius 3 is 2.49 bits per heavy atom. The third kappa shape index (κ3) is 5.72. The van der Waals surface area contributed by atoms with Crippen molar-refractivity contribution in [3.05, 3.63) is 89.9 Å². The van der Waals surface area contributed by atoms with E-state index in [0.717, 1.165) is 23.3 Å². The Bertz CT molecular complexity index is 1360. The summed E-state index contributed by atoms with van der Waals surface area (Å²) in [7, 11) is 1.50. The number of nitrogens with one attached hydrogen (secondary N) is 3. The van der Waals surface area contributed by atoms with Gasteiger partial charge in [0.2, 0.25) is 5.95 Å². The van der Waals surface area contributed by atoms with E-state index in [9.17, 15) is 18.0 Å². The molecule has 35 heavy (non-hydrogen) atoms. The zero-order valence-electron chi connectivity index (χ0n) is 18.8. The molecule has 0 spiro atoms. The Labute approximate surface area is 199 Å². The average Bonchev–Trinajstić information content (AvgIpc) is 2.85. The number of alkyl halides is 3. The maximum Gasteiger partial charge on any atom is 0.416 e. The number of halogens is 3. The number of carbonyl (C=O) groups is 1. The lowest BCUT2D eigenvalue weighted by atomic mass is 10.1. The lowest BCUT2D eigenvalue weighted by Gasteiger charge is -2.14. The average molecular weight is 478 g/mol. The molecule has 0 aliphatic heterocycles. The summed E-state index contributed by atoms with van der Waals surface area (Å²) in [6.07, 6.45) is 0.423. The molecular formula is C25H21F3N6O. The summed E-state index contributed by atoms with van der Waals surface area (Å²) in [5, 5.41) is 8.32. The van der Waals surface area contributed by atoms with Crippen LogP contribution in [0.5, 0.6) is 0 Å². The molecule has 0 fully saturated rings. The number of nitrogens with zero attached hydrogens (tertiary/aromatic N) is 3. The minimum atomic E-state index is -4.54. The molecule has 3 N–H and O–H groups in total. The molecule has 0 aliphatic carbocycles. The highest BCUT2D eigenvalue weighted by atomic mass is 19.4. The van der Waals surface area contributed by atoms with Gasteiger partial charge in [-0.1, -0.05) is 6.07 Å². The predicted molar refractivity (Wildman–Crippen MR) is 129 cm³/mol. The highest BCUT2D eigenvalue weighted by molar-refractivity contribution is 6.05. The number of pyridine rings is 1. The minimum absolute atomic E-state index is 0.0248. The highest BCUT2D eigenvalue weighted by Crippen LogP contribution is 2.33. The van der Waals surface area contributed by atoms with E-state index in [2.05, 4.69) is 30.9 Å². The van der Waals surface area contributed by atoms with Crippen molar-refractivity contribution in [3.63, 3.8) is 0 Å². The van der Waals surface area contributed by atoms with Gasteiger partial charge in [-0.05, 0) is 61.0 Å². The fourth-order valence-electron chi connectivity index (χ4n) is 3.32. The number of anilines is 4. The number of hydrogen-bond donors (Lipinski definition) is 3. The Morgan fingerprint density at radius 2 is 1.77 bits per heavy atom. The lowest BCUT2D eigenvalue weighted by Crippen LogP contribution is -2.14. The van der Waals surface area contributed by atoms with E-state index in [1.165, 1.54) is 13.1 Å². The standard InChI is InChI=1S/C25H21F3N6O/c1-15-5-6-16(23(35)32-20-12-18(25(26,27)28)11-19(13-20)29-2)10-22(15)34-24-31-9-7-21(33-24)17-4-3-8-30-14-17/h3-14,29H,1-2H3,(H,32,35)(H,31,33,34). The Kier molecular flexibility index (Phi) is 6.63. The van der Waals surface area contributed by atoms with Gasteiger partial charge in [-0.15, -0.1) is 0 Å². The molecule has 2 heterocycles. The van der Waals surface area contributed by atoms with Crippen molar-refractivity contribution in [2.24, 2.45) is 0 Å². The number of amides is 1. The molecule has 178 valence electrons. The third-order valence-electron chi connectivity index (χ3n) is 5.17. The number of benzene rings is 2. The molecule has 0 saturated carbocycles. The van der Waals surface area contributed by atoms with E-state index in [4.69, 9.17) is 0 Å². The first-order valence-corrected chi connectivity index (χ1v) is 10.6. The summed E-state index contributed by atoms with van der Waals surface area (Å²) >= 11 is 0. The number of carbonyl (C=O) groups excluding carboxylic acids is 1. The van der Waals surface area contributed by atoms with Crippen molar-refractivity contribution in [3.8, 4) is 11.3 Å². The van der Waals surface area contributed by atoms with Crippen molar-refractivity contribution < 1.29 is 18.0 Å². The zero-order valence-corrected chi connectivity index (χ0v) is 18.8. The van der Waals surface area contributed by atoms with E-state index in [-0.39, 0.29) is 16.9 Å². The third-order valence-corrected chi connectivity index (χ3v) is 5.17. The van der Waals surface area contributed by atoms with Crippen LogP contribution in [0.25, 0.3) is 11.3 Å². The summed E-state index contributed by atoms with van der Waals surface area (Å²) in [4.78, 5) is 25.7. The van der Waals surface area contributed by atoms with Gasteiger partial charge in [0.1, 0.15) is 0 Å². The quantitative estimate of drug-likeness (QED) is 0.319. The first-order valence-electron chi connectivity index (χ1n) is 10.6. The molecule has 0 radical (unpaired) electrons. The second-order valence-corrected chi connectivity index (χ2v) is 7.66. The molecule has 0 aliphatic rings. The fraction of sp³-hybridized carbons (Fsp3) is 0.120. The first-order chi connectivity index (χ1) is 16.7. The maximum atomic E-state index is 13.2. The predicted octanol–water partition coefficient (Wildman–Crippen LogP) is 5.90. The van der Waals surface area contributed by atoms with Gasteiger partial charge in [0.15, 0.2) is 0 Å². The van der Waals surface area contributed by atoms with Gasteiger partial charge in [0.05, 0.1) is 11.3 Å². The van der Waals surface area contributed by atoms with Crippen LogP contribution in [0, 0.1) is 6.92 Å². The van der Waals surface area contributed by atoms with Crippen molar-refractivity contribution in [1.29, 1.82) is 0 Å². The molecule has 0 unspecified atom stereocenters. The smallest absolute Gasteiger partial charge is 0.388 e. The van der Waals surface area contributed by atoms with Crippen molar-refractivity contribution >= 4 is 28.9 Å². The van der Waals surface area contributed by atoms with Gasteiger partial charge in [-0.25, -0.2) is 9.97 Å². The Hall–Kier alpha value is -4.47. The van der Waals surface area contributed by atoms with Gasteiger partial charge >= 0.3 is 6.18 Å². The molecule has 1 amide bonds. The van der Waals surface area contributed by atoms with Crippen LogP contribution in [0.1, 0.15) is 21.5 Å². The highest BCUT2D eigenvalue weighted by Gasteiger charge is 2.31. The molecule has 0 atom stereocenters. The van der Waals surface area contributed by atoms with Crippen LogP contribution in [0.2, 0.25) is 0 Å². The number of hydrogen-bond acceptors (Lipinski definition) is 6. The van der Waals surface area contributed by atoms with Crippen molar-refractivity contribution in [2.75, 3.05) is 23.0 Å². The molecule has 2 aromatic carbocycles. The molecular weight excluding hydrogens is 457 g/mol. The second kappa shape index (κ2) is 9.80. The van der Waals surface area contributed by atoms with Crippen LogP contribution in [-0.2, 0) is 6.18 Å². The lowest BCUT2D eigenvalue weighted by molar-refractivity contribution is -0.137. The second-order valence-electron chi connectivity index (χ2n) is 7.66. The Morgan fingerprint density at radius 1 is 0.971 bits per heavy atom. The van der Waals surface area contributed by atoms with E-state index in [1.807, 2.05) is 13.0 Å². The summed E-state index contributed by atoms with van der Waals surface area (Å²) in [6.45, 7) is 1.85. The SMILES string of the molecule is CNc1cc(NC(=O)c2ccc(C)c(Nc3nccc(-c4cccnc4)n3)c2)cc(C(F)(F)F)c1. The van der Waals surface area contributed by atoms with Gasteiger partial charge in [-0.2, -0.15) is 13.2 Å². The summed E-state index contributed by atoms with van der Waals surface area (Å²) in [5.74, 6) is -0.233. The van der Waals surface area contributed by atoms with Crippen LogP contribution in [0.4, 0.5) is 36.2 Å². The largest absolute Gasteiger partial charge is 0.416 e. The Balaban J connectivity index is 1.57. The fourth-order valence-corrected chi connectivity index (χ4v) is 3.32. The molecule has 10 heteroatoms. The molecule has 2 aromatic heterocycles. The van der Waals surface area contributed by atoms with Crippen molar-refractivity contribution in [1.82, 2.24) is 15.0 Å². The molecule has 4 aromatic rings. The van der Waals surface area contributed by atoms with Crippen LogP contribution >= 0.6 is 0 Å². The topological polar surface area (TPSA) is 91.8 Å². The number of aromatic nitrogens is 3. The zero-order chi connectivity index (χ0) is 25.0. The number of aryl methyl sites for hydroxylation is 1. The van der Waals surface area contributed by atoms with E-state index >= 15 is 0 Å². The van der Waals surface area contributed by atoms with E-state index < -0.39 is 17.6 Å². The van der Waals surface area contributed by atoms with Crippen LogP contribution < -0.4 is 16.0 Å². The van der Waals surface area contributed by atoms with Crippen LogP contribution in [-0.4, -0.2) is 27.9 Å². The summed E-state index contributed by atoms with van der Waals surface area (Å²) < 4.78 is 39.7. The molecule has 4 rings (SSSR count). The normalized spacial score (nSPS) is 11.1.